The quantitative estimate of drug-likeness (QED) is 0.707. The van der Waals surface area contributed by atoms with Crippen molar-refractivity contribution in [2.24, 2.45) is 23.0 Å². The third-order valence-electron chi connectivity index (χ3n) is 4.86. The second-order valence-electron chi connectivity index (χ2n) is 5.68. The van der Waals surface area contributed by atoms with E-state index in [-0.39, 0.29) is 0 Å². The fourth-order valence-corrected chi connectivity index (χ4v) is 3.30. The van der Waals surface area contributed by atoms with Crippen LogP contribution in [0.3, 0.4) is 0 Å². The first kappa shape index (κ1) is 13.0. The molecule has 0 radical (unpaired) electrons. The van der Waals surface area contributed by atoms with Gasteiger partial charge in [0.2, 0.25) is 0 Å². The van der Waals surface area contributed by atoms with Crippen molar-refractivity contribution in [2.45, 2.75) is 65.7 Å². The van der Waals surface area contributed by atoms with Gasteiger partial charge in [-0.05, 0) is 49.5 Å². The molecule has 15 heavy (non-hydrogen) atoms. The second-order valence-corrected chi connectivity index (χ2v) is 5.68. The average molecular weight is 211 g/mol. The molecule has 1 nitrogen and oxygen atoms in total. The Kier molecular flexibility index (Phi) is 5.11. The van der Waals surface area contributed by atoms with Crippen molar-refractivity contribution in [3.05, 3.63) is 0 Å². The Morgan fingerprint density at radius 2 is 2.13 bits per heavy atom. The molecule has 0 saturated heterocycles. The van der Waals surface area contributed by atoms with E-state index < -0.39 is 0 Å². The molecule has 1 fully saturated rings. The molecule has 0 aromatic carbocycles. The van der Waals surface area contributed by atoms with E-state index in [9.17, 15) is 0 Å². The maximum absolute atomic E-state index is 5.68. The van der Waals surface area contributed by atoms with Crippen LogP contribution in [0, 0.1) is 17.3 Å². The molecule has 1 saturated carbocycles. The molecule has 3 atom stereocenters. The molecule has 2 N–H and O–H groups in total. The van der Waals surface area contributed by atoms with Crippen LogP contribution in [0.25, 0.3) is 0 Å². The fraction of sp³-hybridized carbons (Fsp3) is 1.00. The van der Waals surface area contributed by atoms with Gasteiger partial charge in [-0.25, -0.2) is 0 Å². The zero-order chi connectivity index (χ0) is 11.3. The largest absolute Gasteiger partial charge is 0.330 e. The lowest BCUT2D eigenvalue weighted by Crippen LogP contribution is -2.24. The first-order valence-electron chi connectivity index (χ1n) is 6.86. The van der Waals surface area contributed by atoms with E-state index in [0.717, 1.165) is 18.4 Å². The van der Waals surface area contributed by atoms with Gasteiger partial charge < -0.3 is 5.73 Å². The predicted octanol–water partition coefficient (Wildman–Crippen LogP) is 3.97. The van der Waals surface area contributed by atoms with Gasteiger partial charge in [-0.15, -0.1) is 0 Å². The highest BCUT2D eigenvalue weighted by molar-refractivity contribution is 4.88. The molecule has 0 heterocycles. The van der Waals surface area contributed by atoms with E-state index in [1.165, 1.54) is 44.9 Å². The number of hydrogen-bond acceptors (Lipinski definition) is 1. The summed E-state index contributed by atoms with van der Waals surface area (Å²) in [6, 6.07) is 0. The van der Waals surface area contributed by atoms with Crippen molar-refractivity contribution in [3.8, 4) is 0 Å². The van der Waals surface area contributed by atoms with Gasteiger partial charge in [0.1, 0.15) is 0 Å². The van der Waals surface area contributed by atoms with Crippen molar-refractivity contribution >= 4 is 0 Å². The molecule has 0 spiro atoms. The van der Waals surface area contributed by atoms with Crippen molar-refractivity contribution < 1.29 is 0 Å². The molecule has 1 rings (SSSR count). The summed E-state index contributed by atoms with van der Waals surface area (Å²) in [6.45, 7) is 8.05. The van der Waals surface area contributed by atoms with Crippen LogP contribution in [0.15, 0.2) is 0 Å². The Morgan fingerprint density at radius 3 is 2.67 bits per heavy atom. The summed E-state index contributed by atoms with van der Waals surface area (Å²) >= 11 is 0. The molecule has 0 bridgehead atoms. The van der Waals surface area contributed by atoms with Crippen LogP contribution in [0.5, 0.6) is 0 Å². The van der Waals surface area contributed by atoms with E-state index in [4.69, 9.17) is 5.73 Å². The van der Waals surface area contributed by atoms with Crippen LogP contribution in [0.4, 0.5) is 0 Å². The van der Waals surface area contributed by atoms with E-state index >= 15 is 0 Å². The third-order valence-corrected chi connectivity index (χ3v) is 4.86. The van der Waals surface area contributed by atoms with Crippen LogP contribution >= 0.6 is 0 Å². The van der Waals surface area contributed by atoms with E-state index in [1.54, 1.807) is 0 Å². The Labute approximate surface area is 95.8 Å². The molecule has 2 unspecified atom stereocenters. The number of hydrogen-bond donors (Lipinski definition) is 1. The molecule has 90 valence electrons. The summed E-state index contributed by atoms with van der Waals surface area (Å²) in [4.78, 5) is 0. The van der Waals surface area contributed by atoms with Gasteiger partial charge in [0.15, 0.2) is 0 Å². The maximum Gasteiger partial charge on any atom is -0.00746 e. The van der Waals surface area contributed by atoms with Gasteiger partial charge in [0, 0.05) is 0 Å². The van der Waals surface area contributed by atoms with Gasteiger partial charge >= 0.3 is 0 Å². The van der Waals surface area contributed by atoms with E-state index in [2.05, 4.69) is 20.8 Å². The topological polar surface area (TPSA) is 26.0 Å². The van der Waals surface area contributed by atoms with Crippen LogP contribution in [0.2, 0.25) is 0 Å². The van der Waals surface area contributed by atoms with E-state index in [0.29, 0.717) is 5.41 Å². The Hall–Kier alpha value is -0.0400. The highest BCUT2D eigenvalue weighted by Crippen LogP contribution is 2.48. The smallest absolute Gasteiger partial charge is 0.00746 e. The third kappa shape index (κ3) is 3.21. The minimum Gasteiger partial charge on any atom is -0.330 e. The molecule has 1 aliphatic carbocycles. The van der Waals surface area contributed by atoms with Gasteiger partial charge in [-0.3, -0.25) is 0 Å². The minimum atomic E-state index is 0.641. The maximum atomic E-state index is 5.68. The lowest BCUT2D eigenvalue weighted by Gasteiger charge is -2.33. The van der Waals surface area contributed by atoms with Crippen LogP contribution < -0.4 is 5.73 Å². The summed E-state index contributed by atoms with van der Waals surface area (Å²) in [5.74, 6) is 1.85. The summed E-state index contributed by atoms with van der Waals surface area (Å²) in [5, 5.41) is 0. The Bertz CT molecular complexity index is 178. The molecule has 1 heteroatoms. The summed E-state index contributed by atoms with van der Waals surface area (Å²) < 4.78 is 0. The molecule has 0 amide bonds. The van der Waals surface area contributed by atoms with Crippen LogP contribution in [0.1, 0.15) is 65.7 Å². The number of nitrogens with two attached hydrogens (primary N) is 1. The number of rotatable bonds is 6. The molecular formula is C14H29N. The average Bonchev–Trinajstić information content (AvgIpc) is 2.60. The van der Waals surface area contributed by atoms with Crippen molar-refractivity contribution in [3.63, 3.8) is 0 Å². The normalized spacial score (nSPS) is 33.2. The molecular weight excluding hydrogens is 182 g/mol. The molecule has 0 aliphatic heterocycles. The zero-order valence-electron chi connectivity index (χ0n) is 10.9. The Morgan fingerprint density at radius 1 is 1.40 bits per heavy atom. The first-order chi connectivity index (χ1) is 7.16. The monoisotopic (exact) mass is 211 g/mol. The van der Waals surface area contributed by atoms with Crippen molar-refractivity contribution in [1.29, 1.82) is 0 Å². The van der Waals surface area contributed by atoms with Crippen LogP contribution in [-0.2, 0) is 0 Å². The Balaban J connectivity index is 2.48. The lowest BCUT2D eigenvalue weighted by molar-refractivity contribution is 0.178. The summed E-state index contributed by atoms with van der Waals surface area (Å²) in [7, 11) is 0. The SMILES string of the molecule is CCC(CCN)C[C@H]1CCCC1(C)CC. The summed E-state index contributed by atoms with van der Waals surface area (Å²) in [6.07, 6.45) is 9.70. The molecule has 0 aromatic rings. The molecule has 0 aromatic heterocycles. The zero-order valence-corrected chi connectivity index (χ0v) is 10.9. The van der Waals surface area contributed by atoms with Crippen molar-refractivity contribution in [1.82, 2.24) is 0 Å². The second kappa shape index (κ2) is 5.89. The lowest BCUT2D eigenvalue weighted by atomic mass is 9.73. The van der Waals surface area contributed by atoms with Gasteiger partial charge in [-0.2, -0.15) is 0 Å². The molecule has 1 aliphatic rings. The standard InChI is InChI=1S/C14H29N/c1-4-12(8-10-15)11-13-7-6-9-14(13,3)5-2/h12-13H,4-11,15H2,1-3H3/t12?,13-,14?/m1/s1. The minimum absolute atomic E-state index is 0.641. The first-order valence-corrected chi connectivity index (χ1v) is 6.86. The summed E-state index contributed by atoms with van der Waals surface area (Å²) in [5.41, 5.74) is 6.32. The van der Waals surface area contributed by atoms with E-state index in [1.807, 2.05) is 0 Å². The van der Waals surface area contributed by atoms with Crippen molar-refractivity contribution in [2.75, 3.05) is 6.54 Å². The van der Waals surface area contributed by atoms with Crippen LogP contribution in [-0.4, -0.2) is 6.54 Å². The predicted molar refractivity (Wildman–Crippen MR) is 67.8 cm³/mol. The van der Waals surface area contributed by atoms with Gasteiger partial charge in [-0.1, -0.05) is 40.0 Å². The highest BCUT2D eigenvalue weighted by atomic mass is 14.5. The van der Waals surface area contributed by atoms with Gasteiger partial charge in [0.25, 0.3) is 0 Å². The fourth-order valence-electron chi connectivity index (χ4n) is 3.30. The highest BCUT2D eigenvalue weighted by Gasteiger charge is 2.37. The van der Waals surface area contributed by atoms with Gasteiger partial charge in [0.05, 0.1) is 0 Å².